The number of carbonyl (C=O) groups excluding carboxylic acids is 2. The van der Waals surface area contributed by atoms with Crippen LogP contribution in [0.4, 0.5) is 5.69 Å². The number of rotatable bonds is 5. The van der Waals surface area contributed by atoms with Gasteiger partial charge >= 0.3 is 0 Å². The number of halogens is 1. The zero-order valence-electron chi connectivity index (χ0n) is 13.2. The fourth-order valence-corrected chi connectivity index (χ4v) is 2.60. The molecule has 0 aromatic heterocycles. The third-order valence-electron chi connectivity index (χ3n) is 3.82. The Labute approximate surface area is 136 Å². The van der Waals surface area contributed by atoms with Gasteiger partial charge in [0, 0.05) is 36.8 Å². The SMILES string of the molecule is Cc1ccc(N2C[C@H](C(=O)NCCN(C)C)CC2=O)cc1Cl. The standard InChI is InChI=1S/C16H22ClN3O2/c1-11-4-5-13(9-14(11)17)20-10-12(8-15(20)21)16(22)18-6-7-19(2)3/h4-5,9,12H,6-8,10H2,1-3H3,(H,18,22)/t12-/m1/s1. The number of aryl methyl sites for hydroxylation is 1. The molecular formula is C16H22ClN3O2. The fraction of sp³-hybridized carbons (Fsp3) is 0.500. The molecule has 0 aliphatic carbocycles. The lowest BCUT2D eigenvalue weighted by atomic mass is 10.1. The average molecular weight is 324 g/mol. The van der Waals surface area contributed by atoms with E-state index in [2.05, 4.69) is 5.32 Å². The molecule has 5 nitrogen and oxygen atoms in total. The first kappa shape index (κ1) is 16.8. The third-order valence-corrected chi connectivity index (χ3v) is 4.23. The van der Waals surface area contributed by atoms with Gasteiger partial charge in [-0.15, -0.1) is 0 Å². The second kappa shape index (κ2) is 7.11. The van der Waals surface area contributed by atoms with E-state index >= 15 is 0 Å². The molecule has 1 aliphatic rings. The molecule has 1 aliphatic heterocycles. The Hall–Kier alpha value is -1.59. The minimum Gasteiger partial charge on any atom is -0.355 e. The van der Waals surface area contributed by atoms with Crippen LogP contribution in [0.1, 0.15) is 12.0 Å². The molecule has 120 valence electrons. The summed E-state index contributed by atoms with van der Waals surface area (Å²) in [5.41, 5.74) is 1.72. The lowest BCUT2D eigenvalue weighted by Gasteiger charge is -2.18. The third kappa shape index (κ3) is 3.99. The molecule has 0 spiro atoms. The van der Waals surface area contributed by atoms with Crippen LogP contribution in [0.3, 0.4) is 0 Å². The number of nitrogens with zero attached hydrogens (tertiary/aromatic N) is 2. The topological polar surface area (TPSA) is 52.7 Å². The Kier molecular flexibility index (Phi) is 5.42. The zero-order valence-corrected chi connectivity index (χ0v) is 14.0. The minimum atomic E-state index is -0.297. The molecule has 0 unspecified atom stereocenters. The maximum atomic E-state index is 12.2. The first-order chi connectivity index (χ1) is 10.4. The Morgan fingerprint density at radius 2 is 2.18 bits per heavy atom. The van der Waals surface area contributed by atoms with Gasteiger partial charge in [0.25, 0.3) is 0 Å². The Morgan fingerprint density at radius 1 is 1.45 bits per heavy atom. The van der Waals surface area contributed by atoms with Gasteiger partial charge in [0.15, 0.2) is 0 Å². The fourth-order valence-electron chi connectivity index (χ4n) is 2.43. The zero-order chi connectivity index (χ0) is 16.3. The summed E-state index contributed by atoms with van der Waals surface area (Å²) in [4.78, 5) is 27.9. The number of hydrogen-bond acceptors (Lipinski definition) is 3. The molecule has 1 fully saturated rings. The molecule has 2 amide bonds. The molecule has 1 aromatic rings. The van der Waals surface area contributed by atoms with Crippen LogP contribution in [0.2, 0.25) is 5.02 Å². The summed E-state index contributed by atoms with van der Waals surface area (Å²) in [5, 5.41) is 3.51. The lowest BCUT2D eigenvalue weighted by molar-refractivity contribution is -0.126. The van der Waals surface area contributed by atoms with E-state index in [9.17, 15) is 9.59 Å². The van der Waals surface area contributed by atoms with E-state index < -0.39 is 0 Å². The van der Waals surface area contributed by atoms with Gasteiger partial charge in [-0.3, -0.25) is 9.59 Å². The summed E-state index contributed by atoms with van der Waals surface area (Å²) in [6, 6.07) is 5.53. The molecule has 0 radical (unpaired) electrons. The minimum absolute atomic E-state index is 0.0346. The second-order valence-electron chi connectivity index (χ2n) is 5.93. The molecular weight excluding hydrogens is 302 g/mol. The number of likely N-dealkylation sites (N-methyl/N-ethyl adjacent to an activating group) is 1. The van der Waals surface area contributed by atoms with E-state index in [1.807, 2.05) is 38.1 Å². The van der Waals surface area contributed by atoms with Gasteiger partial charge in [0.2, 0.25) is 11.8 Å². The summed E-state index contributed by atoms with van der Waals surface area (Å²) in [6.07, 6.45) is 0.249. The largest absolute Gasteiger partial charge is 0.355 e. The van der Waals surface area contributed by atoms with Crippen molar-refractivity contribution in [2.75, 3.05) is 38.6 Å². The van der Waals surface area contributed by atoms with Gasteiger partial charge in [-0.25, -0.2) is 0 Å². The number of nitrogens with one attached hydrogen (secondary N) is 1. The summed E-state index contributed by atoms with van der Waals surface area (Å²) in [7, 11) is 3.90. The summed E-state index contributed by atoms with van der Waals surface area (Å²) in [6.45, 7) is 3.70. The number of amides is 2. The Morgan fingerprint density at radius 3 is 2.82 bits per heavy atom. The van der Waals surface area contributed by atoms with Crippen LogP contribution in [0, 0.1) is 12.8 Å². The van der Waals surface area contributed by atoms with Gasteiger partial charge in [0.05, 0.1) is 5.92 Å². The summed E-state index contributed by atoms with van der Waals surface area (Å²) in [5.74, 6) is -0.390. The second-order valence-corrected chi connectivity index (χ2v) is 6.34. The van der Waals surface area contributed by atoms with E-state index in [1.54, 1.807) is 11.0 Å². The highest BCUT2D eigenvalue weighted by molar-refractivity contribution is 6.31. The van der Waals surface area contributed by atoms with E-state index in [4.69, 9.17) is 11.6 Å². The highest BCUT2D eigenvalue weighted by Gasteiger charge is 2.35. The van der Waals surface area contributed by atoms with E-state index in [0.717, 1.165) is 17.8 Å². The molecule has 2 rings (SSSR count). The predicted octanol–water partition coefficient (Wildman–Crippen LogP) is 1.68. The van der Waals surface area contributed by atoms with Crippen molar-refractivity contribution in [1.29, 1.82) is 0 Å². The van der Waals surface area contributed by atoms with Gasteiger partial charge in [-0.05, 0) is 38.7 Å². The van der Waals surface area contributed by atoms with Crippen LogP contribution in [-0.2, 0) is 9.59 Å². The highest BCUT2D eigenvalue weighted by atomic mass is 35.5. The predicted molar refractivity (Wildman–Crippen MR) is 88.2 cm³/mol. The molecule has 1 saturated heterocycles. The monoisotopic (exact) mass is 323 g/mol. The summed E-state index contributed by atoms with van der Waals surface area (Å²) < 4.78 is 0. The molecule has 0 saturated carbocycles. The van der Waals surface area contributed by atoms with Crippen molar-refractivity contribution in [2.24, 2.45) is 5.92 Å². The van der Waals surface area contributed by atoms with E-state index in [-0.39, 0.29) is 24.2 Å². The molecule has 22 heavy (non-hydrogen) atoms. The van der Waals surface area contributed by atoms with Crippen molar-refractivity contribution >= 4 is 29.1 Å². The lowest BCUT2D eigenvalue weighted by Crippen LogP contribution is -2.36. The number of carbonyl (C=O) groups is 2. The van der Waals surface area contributed by atoms with Crippen LogP contribution in [0.25, 0.3) is 0 Å². The first-order valence-electron chi connectivity index (χ1n) is 7.37. The molecule has 6 heteroatoms. The van der Waals surface area contributed by atoms with Crippen molar-refractivity contribution in [3.63, 3.8) is 0 Å². The van der Waals surface area contributed by atoms with Crippen LogP contribution < -0.4 is 10.2 Å². The maximum absolute atomic E-state index is 12.2. The van der Waals surface area contributed by atoms with Gasteiger partial charge in [-0.2, -0.15) is 0 Å². The maximum Gasteiger partial charge on any atom is 0.227 e. The van der Waals surface area contributed by atoms with Crippen LogP contribution in [0.5, 0.6) is 0 Å². The molecule has 1 N–H and O–H groups in total. The van der Waals surface area contributed by atoms with Crippen LogP contribution in [-0.4, -0.2) is 50.4 Å². The van der Waals surface area contributed by atoms with Crippen molar-refractivity contribution in [1.82, 2.24) is 10.2 Å². The van der Waals surface area contributed by atoms with Crippen molar-refractivity contribution in [2.45, 2.75) is 13.3 Å². The van der Waals surface area contributed by atoms with Crippen molar-refractivity contribution in [3.8, 4) is 0 Å². The first-order valence-corrected chi connectivity index (χ1v) is 7.75. The number of hydrogen-bond donors (Lipinski definition) is 1. The van der Waals surface area contributed by atoms with Crippen molar-refractivity contribution in [3.05, 3.63) is 28.8 Å². The Bertz CT molecular complexity index is 575. The smallest absolute Gasteiger partial charge is 0.227 e. The van der Waals surface area contributed by atoms with Crippen LogP contribution in [0.15, 0.2) is 18.2 Å². The van der Waals surface area contributed by atoms with Gasteiger partial charge < -0.3 is 15.1 Å². The highest BCUT2D eigenvalue weighted by Crippen LogP contribution is 2.28. The number of benzene rings is 1. The van der Waals surface area contributed by atoms with Crippen LogP contribution >= 0.6 is 11.6 Å². The quantitative estimate of drug-likeness (QED) is 0.897. The Balaban J connectivity index is 1.98. The van der Waals surface area contributed by atoms with Crippen molar-refractivity contribution < 1.29 is 9.59 Å². The molecule has 1 atom stereocenters. The van der Waals surface area contributed by atoms with E-state index in [0.29, 0.717) is 18.1 Å². The molecule has 0 bridgehead atoms. The normalized spacial score (nSPS) is 18.1. The van der Waals surface area contributed by atoms with Gasteiger partial charge in [0.1, 0.15) is 0 Å². The summed E-state index contributed by atoms with van der Waals surface area (Å²) >= 11 is 6.12. The average Bonchev–Trinajstić information content (AvgIpc) is 2.83. The molecule has 1 aromatic carbocycles. The molecule has 1 heterocycles. The van der Waals surface area contributed by atoms with Gasteiger partial charge in [-0.1, -0.05) is 17.7 Å². The van der Waals surface area contributed by atoms with E-state index in [1.165, 1.54) is 0 Å². The number of anilines is 1.